The smallest absolute Gasteiger partial charge is 0.0705 e. The van der Waals surface area contributed by atoms with E-state index in [2.05, 4.69) is 5.10 Å². The van der Waals surface area contributed by atoms with Crippen LogP contribution in [0.1, 0.15) is 12.1 Å². The van der Waals surface area contributed by atoms with Gasteiger partial charge in [0.25, 0.3) is 0 Å². The lowest BCUT2D eigenvalue weighted by Crippen LogP contribution is -2.03. The van der Waals surface area contributed by atoms with Crippen molar-refractivity contribution in [2.45, 2.75) is 19.9 Å². The third-order valence-electron chi connectivity index (χ3n) is 2.68. The molecule has 0 saturated heterocycles. The second kappa shape index (κ2) is 5.42. The summed E-state index contributed by atoms with van der Waals surface area (Å²) in [6, 6.07) is 5.92. The second-order valence-corrected chi connectivity index (χ2v) is 4.50. The molecule has 0 aliphatic rings. The van der Waals surface area contributed by atoms with Crippen LogP contribution in [0.3, 0.4) is 0 Å². The lowest BCUT2D eigenvalue weighted by Gasteiger charge is -2.03. The summed E-state index contributed by atoms with van der Waals surface area (Å²) in [5.74, 6) is 0. The molecule has 1 heterocycles. The number of nitrogen functional groups attached to an aromatic ring is 1. The van der Waals surface area contributed by atoms with Crippen molar-refractivity contribution in [2.24, 2.45) is 0 Å². The van der Waals surface area contributed by atoms with Gasteiger partial charge in [-0.15, -0.1) is 0 Å². The minimum atomic E-state index is 0.740. The summed E-state index contributed by atoms with van der Waals surface area (Å²) >= 11 is 1.40. The first-order valence-electron chi connectivity index (χ1n) is 5.60. The maximum absolute atomic E-state index is 5.81. The Morgan fingerprint density at radius 1 is 1.47 bits per heavy atom. The Labute approximate surface area is 105 Å². The third kappa shape index (κ3) is 2.73. The van der Waals surface area contributed by atoms with E-state index >= 15 is 0 Å². The molecule has 2 rings (SSSR count). The van der Waals surface area contributed by atoms with Gasteiger partial charge in [0.1, 0.15) is 0 Å². The molecule has 0 aliphatic heterocycles. The van der Waals surface area contributed by atoms with Gasteiger partial charge in [-0.25, -0.2) is 0 Å². The molecule has 0 spiro atoms. The monoisotopic (exact) mass is 251 g/mol. The van der Waals surface area contributed by atoms with Gasteiger partial charge in [0.15, 0.2) is 0 Å². The Morgan fingerprint density at radius 2 is 2.29 bits per heavy atom. The van der Waals surface area contributed by atoms with Gasteiger partial charge in [-0.1, -0.05) is 0 Å². The molecular weight excluding hydrogens is 234 g/mol. The van der Waals surface area contributed by atoms with E-state index in [4.69, 9.17) is 9.92 Å². The van der Waals surface area contributed by atoms with Crippen LogP contribution >= 0.6 is 12.0 Å². The number of fused-ring (bicyclic) bond motifs is 1. The van der Waals surface area contributed by atoms with Crippen LogP contribution in [0.4, 0.5) is 5.69 Å². The zero-order chi connectivity index (χ0) is 12.3. The molecule has 2 N–H and O–H groups in total. The molecule has 0 bridgehead atoms. The van der Waals surface area contributed by atoms with Crippen molar-refractivity contribution in [1.29, 1.82) is 0 Å². The van der Waals surface area contributed by atoms with Crippen LogP contribution in [0, 0.1) is 6.92 Å². The highest BCUT2D eigenvalue weighted by Crippen LogP contribution is 2.20. The quantitative estimate of drug-likeness (QED) is 0.504. The van der Waals surface area contributed by atoms with Crippen LogP contribution < -0.4 is 5.73 Å². The van der Waals surface area contributed by atoms with E-state index in [9.17, 15) is 0 Å². The maximum atomic E-state index is 5.81. The Morgan fingerprint density at radius 3 is 3.06 bits per heavy atom. The Bertz CT molecular complexity index is 510. The average Bonchev–Trinajstić information content (AvgIpc) is 2.61. The van der Waals surface area contributed by atoms with E-state index in [0.29, 0.717) is 0 Å². The van der Waals surface area contributed by atoms with Gasteiger partial charge < -0.3 is 9.92 Å². The largest absolute Gasteiger partial charge is 0.399 e. The van der Waals surface area contributed by atoms with Crippen LogP contribution in [-0.2, 0) is 10.7 Å². The minimum Gasteiger partial charge on any atom is -0.399 e. The molecule has 2 aromatic rings. The predicted molar refractivity (Wildman–Crippen MR) is 73.0 cm³/mol. The van der Waals surface area contributed by atoms with Gasteiger partial charge in [0, 0.05) is 23.9 Å². The highest BCUT2D eigenvalue weighted by molar-refractivity contribution is 7.93. The SMILES string of the molecule is CSOCCCn1nc(C)c2ccc(N)cc21. The Hall–Kier alpha value is -1.20. The van der Waals surface area contributed by atoms with Gasteiger partial charge in [0.05, 0.1) is 17.8 Å². The molecule has 17 heavy (non-hydrogen) atoms. The van der Waals surface area contributed by atoms with E-state index in [0.717, 1.165) is 36.5 Å². The number of hydrogen-bond donors (Lipinski definition) is 1. The number of benzene rings is 1. The van der Waals surface area contributed by atoms with E-state index in [-0.39, 0.29) is 0 Å². The lowest BCUT2D eigenvalue weighted by atomic mass is 10.2. The molecule has 0 unspecified atom stereocenters. The molecule has 0 atom stereocenters. The molecule has 0 fully saturated rings. The lowest BCUT2D eigenvalue weighted by molar-refractivity contribution is 0.349. The number of aromatic nitrogens is 2. The number of anilines is 1. The van der Waals surface area contributed by atoms with E-state index in [1.54, 1.807) is 0 Å². The van der Waals surface area contributed by atoms with Crippen molar-refractivity contribution in [3.8, 4) is 0 Å². The summed E-state index contributed by atoms with van der Waals surface area (Å²) in [6.45, 7) is 3.62. The summed E-state index contributed by atoms with van der Waals surface area (Å²) in [4.78, 5) is 0. The molecule has 0 radical (unpaired) electrons. The predicted octanol–water partition coefficient (Wildman–Crippen LogP) is 2.61. The molecule has 1 aromatic heterocycles. The van der Waals surface area contributed by atoms with Crippen LogP contribution in [0.5, 0.6) is 0 Å². The molecule has 0 amide bonds. The third-order valence-corrected chi connectivity index (χ3v) is 3.08. The van der Waals surface area contributed by atoms with E-state index < -0.39 is 0 Å². The topological polar surface area (TPSA) is 53.1 Å². The molecule has 1 aromatic carbocycles. The molecule has 92 valence electrons. The highest BCUT2D eigenvalue weighted by Gasteiger charge is 2.06. The Kier molecular flexibility index (Phi) is 3.91. The van der Waals surface area contributed by atoms with Crippen molar-refractivity contribution in [3.05, 3.63) is 23.9 Å². The fourth-order valence-corrected chi connectivity index (χ4v) is 2.17. The molecule has 0 aliphatic carbocycles. The zero-order valence-corrected chi connectivity index (χ0v) is 11.0. The minimum absolute atomic E-state index is 0.740. The van der Waals surface area contributed by atoms with Crippen LogP contribution in [0.15, 0.2) is 18.2 Å². The first-order chi connectivity index (χ1) is 8.22. The summed E-state index contributed by atoms with van der Waals surface area (Å²) in [7, 11) is 0. The van der Waals surface area contributed by atoms with Gasteiger partial charge >= 0.3 is 0 Å². The Balaban J connectivity index is 2.19. The summed E-state index contributed by atoms with van der Waals surface area (Å²) in [6.07, 6.45) is 2.88. The van der Waals surface area contributed by atoms with Gasteiger partial charge in [-0.2, -0.15) is 5.10 Å². The van der Waals surface area contributed by atoms with Crippen molar-refractivity contribution in [1.82, 2.24) is 9.78 Å². The normalized spacial score (nSPS) is 11.2. The van der Waals surface area contributed by atoms with Crippen LogP contribution in [0.2, 0.25) is 0 Å². The standard InChI is InChI=1S/C12H17N3OS/c1-9-11-5-4-10(13)8-12(11)15(14-9)6-3-7-16-17-2/h4-5,8H,3,6-7,13H2,1-2H3. The first-order valence-corrected chi connectivity index (χ1v) is 6.75. The fourth-order valence-electron chi connectivity index (χ4n) is 1.88. The summed E-state index contributed by atoms with van der Waals surface area (Å²) in [5, 5.41) is 5.70. The van der Waals surface area contributed by atoms with E-state index in [1.807, 2.05) is 36.1 Å². The van der Waals surface area contributed by atoms with Crippen molar-refractivity contribution in [3.63, 3.8) is 0 Å². The van der Waals surface area contributed by atoms with Crippen molar-refractivity contribution < 1.29 is 4.18 Å². The van der Waals surface area contributed by atoms with Crippen molar-refractivity contribution in [2.75, 3.05) is 18.6 Å². The van der Waals surface area contributed by atoms with Gasteiger partial charge in [-0.3, -0.25) is 4.68 Å². The average molecular weight is 251 g/mol. The fraction of sp³-hybridized carbons (Fsp3) is 0.417. The molecular formula is C12H17N3OS. The zero-order valence-electron chi connectivity index (χ0n) is 10.1. The summed E-state index contributed by atoms with van der Waals surface area (Å²) in [5.41, 5.74) is 8.74. The van der Waals surface area contributed by atoms with Crippen LogP contribution in [-0.4, -0.2) is 22.6 Å². The number of rotatable bonds is 5. The number of nitrogens with two attached hydrogens (primary N) is 1. The van der Waals surface area contributed by atoms with E-state index in [1.165, 1.54) is 17.4 Å². The van der Waals surface area contributed by atoms with Gasteiger partial charge in [0.2, 0.25) is 0 Å². The number of aryl methyl sites for hydroxylation is 2. The summed E-state index contributed by atoms with van der Waals surface area (Å²) < 4.78 is 7.25. The first kappa shape index (κ1) is 12.3. The number of nitrogens with zero attached hydrogens (tertiary/aromatic N) is 2. The highest BCUT2D eigenvalue weighted by atomic mass is 32.2. The molecule has 4 nitrogen and oxygen atoms in total. The maximum Gasteiger partial charge on any atom is 0.0705 e. The van der Waals surface area contributed by atoms with Crippen molar-refractivity contribution >= 4 is 28.6 Å². The second-order valence-electron chi connectivity index (χ2n) is 3.93. The van der Waals surface area contributed by atoms with Gasteiger partial charge in [-0.05, 0) is 43.6 Å². The van der Waals surface area contributed by atoms with Crippen LogP contribution in [0.25, 0.3) is 10.9 Å². The molecule has 0 saturated carbocycles. The number of hydrogen-bond acceptors (Lipinski definition) is 4. The molecule has 5 heteroatoms.